The zero-order valence-corrected chi connectivity index (χ0v) is 13.5. The first-order valence-electron chi connectivity index (χ1n) is 7.17. The maximum absolute atomic E-state index is 11.5. The van der Waals surface area contributed by atoms with E-state index in [0.29, 0.717) is 13.0 Å². The summed E-state index contributed by atoms with van der Waals surface area (Å²) in [7, 11) is 0. The summed E-state index contributed by atoms with van der Waals surface area (Å²) in [5.74, 6) is -0.949. The fraction of sp³-hybridized carbons (Fsp3) is 0.333. The van der Waals surface area contributed by atoms with E-state index in [9.17, 15) is 9.59 Å². The number of hydrogen-bond donors (Lipinski definition) is 1. The summed E-state index contributed by atoms with van der Waals surface area (Å²) in [5.41, 5.74) is 0. The number of esters is 1. The molecule has 0 fully saturated rings. The normalized spacial score (nSPS) is 10.1. The molecule has 1 amide bonds. The number of benzene rings is 1. The third kappa shape index (κ3) is 5.67. The van der Waals surface area contributed by atoms with Crippen molar-refractivity contribution in [2.75, 3.05) is 18.5 Å². The number of nitrogens with one attached hydrogen (secondary N) is 1. The van der Waals surface area contributed by atoms with E-state index in [2.05, 4.69) is 20.3 Å². The monoisotopic (exact) mass is 335 g/mol. The number of carbonyl (C=O) groups is 2. The maximum Gasteiger partial charge on any atom is 0.397 e. The molecule has 0 unspecified atom stereocenters. The summed E-state index contributed by atoms with van der Waals surface area (Å²) in [5, 5.41) is 11.2. The van der Waals surface area contributed by atoms with Gasteiger partial charge in [-0.25, -0.2) is 4.79 Å². The van der Waals surface area contributed by atoms with E-state index in [-0.39, 0.29) is 11.7 Å². The van der Waals surface area contributed by atoms with Crippen molar-refractivity contribution >= 4 is 28.3 Å². The second-order valence-corrected chi connectivity index (χ2v) is 5.50. The third-order valence-electron chi connectivity index (χ3n) is 2.70. The second kappa shape index (κ2) is 8.84. The molecule has 1 aromatic carbocycles. The summed E-state index contributed by atoms with van der Waals surface area (Å²) in [6, 6.07) is 9.55. The molecule has 0 aliphatic carbocycles. The highest BCUT2D eigenvalue weighted by atomic mass is 32.1. The van der Waals surface area contributed by atoms with Gasteiger partial charge in [0.1, 0.15) is 10.8 Å². The van der Waals surface area contributed by atoms with Crippen LogP contribution in [0.5, 0.6) is 5.75 Å². The lowest BCUT2D eigenvalue weighted by Crippen LogP contribution is -2.24. The summed E-state index contributed by atoms with van der Waals surface area (Å²) < 4.78 is 10.2. The van der Waals surface area contributed by atoms with Gasteiger partial charge >= 0.3 is 11.9 Å². The predicted octanol–water partition coefficient (Wildman–Crippen LogP) is 2.05. The Kier molecular flexibility index (Phi) is 6.49. The van der Waals surface area contributed by atoms with E-state index < -0.39 is 11.9 Å². The highest BCUT2D eigenvalue weighted by Gasteiger charge is 2.16. The van der Waals surface area contributed by atoms with Crippen LogP contribution in [0.3, 0.4) is 0 Å². The fourth-order valence-corrected chi connectivity index (χ4v) is 2.46. The van der Waals surface area contributed by atoms with Gasteiger partial charge in [0, 0.05) is 6.42 Å². The van der Waals surface area contributed by atoms with Crippen molar-refractivity contribution in [3.8, 4) is 5.75 Å². The standard InChI is InChI=1S/C15H17N3O4S/c1-2-21-14(20)13(19)16-15-18-17-12(23-15)9-6-10-22-11-7-4-3-5-8-11/h3-5,7-8H,2,6,9-10H2,1H3,(H,16,18,19). The molecule has 23 heavy (non-hydrogen) atoms. The number of amides is 1. The molecule has 0 saturated heterocycles. The second-order valence-electron chi connectivity index (χ2n) is 4.44. The van der Waals surface area contributed by atoms with Crippen molar-refractivity contribution in [3.63, 3.8) is 0 Å². The number of nitrogens with zero attached hydrogens (tertiary/aromatic N) is 2. The van der Waals surface area contributed by atoms with Crippen molar-refractivity contribution in [1.29, 1.82) is 0 Å². The molecule has 0 aliphatic heterocycles. The van der Waals surface area contributed by atoms with Crippen LogP contribution < -0.4 is 10.1 Å². The van der Waals surface area contributed by atoms with E-state index in [4.69, 9.17) is 4.74 Å². The third-order valence-corrected chi connectivity index (χ3v) is 3.59. The zero-order chi connectivity index (χ0) is 16.5. The van der Waals surface area contributed by atoms with Gasteiger partial charge in [0.15, 0.2) is 0 Å². The molecule has 2 aromatic rings. The predicted molar refractivity (Wildman–Crippen MR) is 85.4 cm³/mol. The number of anilines is 1. The van der Waals surface area contributed by atoms with Crippen LogP contribution in [0, 0.1) is 0 Å². The lowest BCUT2D eigenvalue weighted by Gasteiger charge is -2.04. The van der Waals surface area contributed by atoms with Crippen molar-refractivity contribution < 1.29 is 19.1 Å². The van der Waals surface area contributed by atoms with Gasteiger partial charge in [-0.15, -0.1) is 10.2 Å². The van der Waals surface area contributed by atoms with Gasteiger partial charge in [0.05, 0.1) is 13.2 Å². The molecule has 0 bridgehead atoms. The van der Waals surface area contributed by atoms with Crippen molar-refractivity contribution in [3.05, 3.63) is 35.3 Å². The van der Waals surface area contributed by atoms with Crippen LogP contribution in [0.15, 0.2) is 30.3 Å². The summed E-state index contributed by atoms with van der Waals surface area (Å²) in [6.07, 6.45) is 1.45. The first-order chi connectivity index (χ1) is 11.2. The molecule has 0 atom stereocenters. The molecule has 0 saturated carbocycles. The van der Waals surface area contributed by atoms with Crippen LogP contribution in [-0.4, -0.2) is 35.3 Å². The van der Waals surface area contributed by atoms with Crippen molar-refractivity contribution in [1.82, 2.24) is 10.2 Å². The average molecular weight is 335 g/mol. The van der Waals surface area contributed by atoms with Gasteiger partial charge in [-0.1, -0.05) is 29.5 Å². The first-order valence-corrected chi connectivity index (χ1v) is 7.99. The maximum atomic E-state index is 11.5. The SMILES string of the molecule is CCOC(=O)C(=O)Nc1nnc(CCCOc2ccccc2)s1. The number of aromatic nitrogens is 2. The Morgan fingerprint density at radius 3 is 2.74 bits per heavy atom. The Bertz CT molecular complexity index is 645. The molecular weight excluding hydrogens is 318 g/mol. The van der Waals surface area contributed by atoms with Gasteiger partial charge in [-0.2, -0.15) is 0 Å². The molecule has 7 nitrogen and oxygen atoms in total. The van der Waals surface area contributed by atoms with Crippen LogP contribution in [-0.2, 0) is 20.7 Å². The van der Waals surface area contributed by atoms with Gasteiger partial charge in [0.25, 0.3) is 0 Å². The Labute approximate surface area is 137 Å². The lowest BCUT2D eigenvalue weighted by atomic mass is 10.3. The van der Waals surface area contributed by atoms with Crippen LogP contribution in [0.4, 0.5) is 5.13 Å². The largest absolute Gasteiger partial charge is 0.494 e. The molecule has 1 heterocycles. The van der Waals surface area contributed by atoms with E-state index >= 15 is 0 Å². The molecule has 2 rings (SSSR count). The highest BCUT2D eigenvalue weighted by Crippen LogP contribution is 2.17. The van der Waals surface area contributed by atoms with Crippen molar-refractivity contribution in [2.45, 2.75) is 19.8 Å². The first kappa shape index (κ1) is 16.9. The van der Waals surface area contributed by atoms with Crippen LogP contribution in [0.25, 0.3) is 0 Å². The topological polar surface area (TPSA) is 90.4 Å². The summed E-state index contributed by atoms with van der Waals surface area (Å²) in [4.78, 5) is 22.7. The smallest absolute Gasteiger partial charge is 0.397 e. The molecule has 1 aromatic heterocycles. The van der Waals surface area contributed by atoms with Crippen LogP contribution in [0.2, 0.25) is 0 Å². The van der Waals surface area contributed by atoms with E-state index in [1.54, 1.807) is 6.92 Å². The van der Waals surface area contributed by atoms with E-state index in [1.807, 2.05) is 30.3 Å². The average Bonchev–Trinajstić information content (AvgIpc) is 3.00. The number of aryl methyl sites for hydroxylation is 1. The molecule has 0 radical (unpaired) electrons. The number of para-hydroxylation sites is 1. The minimum atomic E-state index is -0.930. The number of ether oxygens (including phenoxy) is 2. The highest BCUT2D eigenvalue weighted by molar-refractivity contribution is 7.15. The van der Waals surface area contributed by atoms with Crippen LogP contribution in [0.1, 0.15) is 18.4 Å². The fourth-order valence-electron chi connectivity index (χ4n) is 1.68. The quantitative estimate of drug-likeness (QED) is 0.473. The minimum absolute atomic E-state index is 0.148. The van der Waals surface area contributed by atoms with Gasteiger partial charge < -0.3 is 9.47 Å². The van der Waals surface area contributed by atoms with E-state index in [0.717, 1.165) is 17.2 Å². The summed E-state index contributed by atoms with van der Waals surface area (Å²) in [6.45, 7) is 2.34. The Hall–Kier alpha value is -2.48. The van der Waals surface area contributed by atoms with Gasteiger partial charge in [-0.05, 0) is 25.5 Å². The Balaban J connectivity index is 1.72. The molecular formula is C15H17N3O4S. The zero-order valence-electron chi connectivity index (χ0n) is 12.7. The molecule has 122 valence electrons. The molecule has 0 spiro atoms. The van der Waals surface area contributed by atoms with Crippen LogP contribution >= 0.6 is 11.3 Å². The van der Waals surface area contributed by atoms with Gasteiger partial charge in [0.2, 0.25) is 5.13 Å². The van der Waals surface area contributed by atoms with Gasteiger partial charge in [-0.3, -0.25) is 10.1 Å². The molecule has 1 N–H and O–H groups in total. The number of carbonyl (C=O) groups excluding carboxylic acids is 2. The Morgan fingerprint density at radius 2 is 2.00 bits per heavy atom. The molecule has 0 aliphatic rings. The Morgan fingerprint density at radius 1 is 1.22 bits per heavy atom. The molecule has 8 heteroatoms. The number of rotatable bonds is 7. The summed E-state index contributed by atoms with van der Waals surface area (Å²) >= 11 is 1.23. The van der Waals surface area contributed by atoms with Crippen molar-refractivity contribution in [2.24, 2.45) is 0 Å². The van der Waals surface area contributed by atoms with E-state index in [1.165, 1.54) is 11.3 Å². The lowest BCUT2D eigenvalue weighted by molar-refractivity contribution is -0.152. The number of hydrogen-bond acceptors (Lipinski definition) is 7. The minimum Gasteiger partial charge on any atom is -0.494 e.